The topological polar surface area (TPSA) is 38.9 Å². The van der Waals surface area contributed by atoms with E-state index >= 15 is 0 Å². The Bertz CT molecular complexity index is 2890. The highest BCUT2D eigenvalue weighted by atomic mass is 16.3. The zero-order valence-corrected chi connectivity index (χ0v) is 27.6. The third-order valence-electron chi connectivity index (χ3n) is 9.85. The summed E-state index contributed by atoms with van der Waals surface area (Å²) in [5.41, 5.74) is 10.9. The van der Waals surface area contributed by atoms with E-state index in [4.69, 9.17) is 14.4 Å². The van der Waals surface area contributed by atoms with E-state index in [0.29, 0.717) is 5.82 Å². The molecular weight excluding hydrogens is 621 g/mol. The van der Waals surface area contributed by atoms with Crippen LogP contribution >= 0.6 is 0 Å². The van der Waals surface area contributed by atoms with E-state index in [-0.39, 0.29) is 0 Å². The second-order valence-electron chi connectivity index (χ2n) is 13.0. The van der Waals surface area contributed by atoms with Gasteiger partial charge < -0.3 is 4.42 Å². The summed E-state index contributed by atoms with van der Waals surface area (Å²) in [6.07, 6.45) is 0. The van der Waals surface area contributed by atoms with Crippen LogP contribution in [0.15, 0.2) is 186 Å². The first-order valence-corrected chi connectivity index (χ1v) is 17.2. The van der Waals surface area contributed by atoms with E-state index in [0.717, 1.165) is 72.3 Å². The van der Waals surface area contributed by atoms with Crippen LogP contribution in [0.3, 0.4) is 0 Å². The van der Waals surface area contributed by atoms with Crippen molar-refractivity contribution in [3.63, 3.8) is 0 Å². The van der Waals surface area contributed by atoms with Crippen molar-refractivity contribution >= 4 is 43.5 Å². The van der Waals surface area contributed by atoms with E-state index in [2.05, 4.69) is 164 Å². The molecule has 3 nitrogen and oxygen atoms in total. The molecule has 0 fully saturated rings. The maximum Gasteiger partial charge on any atom is 0.160 e. The maximum absolute atomic E-state index is 6.82. The Hall–Kier alpha value is -6.84. The molecule has 10 rings (SSSR count). The highest BCUT2D eigenvalue weighted by molar-refractivity contribution is 6.18. The van der Waals surface area contributed by atoms with Crippen LogP contribution in [0.2, 0.25) is 0 Å². The Kier molecular flexibility index (Phi) is 6.81. The van der Waals surface area contributed by atoms with Gasteiger partial charge in [0.1, 0.15) is 11.2 Å². The number of benzene rings is 8. The third-order valence-corrected chi connectivity index (χ3v) is 9.85. The summed E-state index contributed by atoms with van der Waals surface area (Å²) in [6.45, 7) is 0. The standard InChI is InChI=1S/C48H30N2O/c1-4-14-31(15-5-1)40-26-34-20-10-11-21-35(34)27-41(40)44-30-43(49-48(50-44)33-18-8-3-9-19-33)37-24-25-39-42-28-36-22-12-13-23-38(36)46(32-16-6-2-7-17-32)47(42)51-45(39)29-37/h1-30H. The molecule has 0 unspecified atom stereocenters. The van der Waals surface area contributed by atoms with Crippen LogP contribution < -0.4 is 0 Å². The van der Waals surface area contributed by atoms with Crippen molar-refractivity contribution in [1.82, 2.24) is 9.97 Å². The van der Waals surface area contributed by atoms with Crippen LogP contribution in [-0.4, -0.2) is 9.97 Å². The Morgan fingerprint density at radius 3 is 1.67 bits per heavy atom. The summed E-state index contributed by atoms with van der Waals surface area (Å²) >= 11 is 0. The Labute approximate surface area is 295 Å². The summed E-state index contributed by atoms with van der Waals surface area (Å²) in [5.74, 6) is 0.678. The lowest BCUT2D eigenvalue weighted by Gasteiger charge is -2.14. The van der Waals surface area contributed by atoms with Crippen LogP contribution in [0.1, 0.15) is 0 Å². The molecule has 0 amide bonds. The van der Waals surface area contributed by atoms with E-state index in [9.17, 15) is 0 Å². The number of hydrogen-bond donors (Lipinski definition) is 0. The first kappa shape index (κ1) is 29.1. The van der Waals surface area contributed by atoms with Crippen molar-refractivity contribution in [3.05, 3.63) is 182 Å². The molecule has 0 spiro atoms. The minimum Gasteiger partial charge on any atom is -0.455 e. The van der Waals surface area contributed by atoms with Crippen molar-refractivity contribution in [2.24, 2.45) is 0 Å². The average Bonchev–Trinajstić information content (AvgIpc) is 3.57. The van der Waals surface area contributed by atoms with Gasteiger partial charge in [-0.1, -0.05) is 146 Å². The highest BCUT2D eigenvalue weighted by Gasteiger charge is 2.19. The molecule has 0 aliphatic carbocycles. The smallest absolute Gasteiger partial charge is 0.160 e. The van der Waals surface area contributed by atoms with Gasteiger partial charge >= 0.3 is 0 Å². The van der Waals surface area contributed by atoms with E-state index in [1.165, 1.54) is 21.5 Å². The van der Waals surface area contributed by atoms with Gasteiger partial charge in [-0.25, -0.2) is 9.97 Å². The Balaban J connectivity index is 1.21. The average molecular weight is 651 g/mol. The molecule has 0 radical (unpaired) electrons. The fourth-order valence-corrected chi connectivity index (χ4v) is 7.38. The first-order chi connectivity index (χ1) is 25.3. The van der Waals surface area contributed by atoms with Crippen LogP contribution in [0.25, 0.3) is 99.6 Å². The van der Waals surface area contributed by atoms with E-state index in [1.807, 2.05) is 18.2 Å². The van der Waals surface area contributed by atoms with Gasteiger partial charge in [0.15, 0.2) is 5.82 Å². The second kappa shape index (κ2) is 11.9. The molecule has 2 heterocycles. The van der Waals surface area contributed by atoms with Gasteiger partial charge in [-0.15, -0.1) is 0 Å². The van der Waals surface area contributed by atoms with Gasteiger partial charge in [0.05, 0.1) is 11.4 Å². The molecule has 0 N–H and O–H groups in total. The maximum atomic E-state index is 6.82. The molecular formula is C48H30N2O. The van der Waals surface area contributed by atoms with E-state index in [1.54, 1.807) is 0 Å². The lowest BCUT2D eigenvalue weighted by Crippen LogP contribution is -1.97. The molecule has 2 aromatic heterocycles. The largest absolute Gasteiger partial charge is 0.455 e. The molecule has 10 aromatic rings. The van der Waals surface area contributed by atoms with Gasteiger partial charge in [0, 0.05) is 33.0 Å². The Morgan fingerprint density at radius 1 is 0.353 bits per heavy atom. The summed E-state index contributed by atoms with van der Waals surface area (Å²) in [6, 6.07) is 63.8. The van der Waals surface area contributed by atoms with Crippen molar-refractivity contribution in [3.8, 4) is 56.2 Å². The lowest BCUT2D eigenvalue weighted by molar-refractivity contribution is 0.670. The normalized spacial score (nSPS) is 11.5. The molecule has 0 saturated carbocycles. The van der Waals surface area contributed by atoms with Crippen LogP contribution in [0, 0.1) is 0 Å². The number of rotatable bonds is 5. The molecule has 238 valence electrons. The van der Waals surface area contributed by atoms with Crippen LogP contribution in [-0.2, 0) is 0 Å². The quantitative estimate of drug-likeness (QED) is 0.186. The molecule has 8 aromatic carbocycles. The zero-order chi connectivity index (χ0) is 33.7. The highest BCUT2D eigenvalue weighted by Crippen LogP contribution is 2.43. The lowest BCUT2D eigenvalue weighted by atomic mass is 9.93. The van der Waals surface area contributed by atoms with Gasteiger partial charge in [0.25, 0.3) is 0 Å². The predicted octanol–water partition coefficient (Wildman–Crippen LogP) is 13.0. The first-order valence-electron chi connectivity index (χ1n) is 17.2. The minimum absolute atomic E-state index is 0.678. The summed E-state index contributed by atoms with van der Waals surface area (Å²) in [5, 5.41) is 6.90. The second-order valence-corrected chi connectivity index (χ2v) is 13.0. The van der Waals surface area contributed by atoms with Crippen molar-refractivity contribution in [2.75, 3.05) is 0 Å². The van der Waals surface area contributed by atoms with E-state index < -0.39 is 0 Å². The third kappa shape index (κ3) is 5.06. The number of fused-ring (bicyclic) bond motifs is 5. The van der Waals surface area contributed by atoms with Gasteiger partial charge in [0.2, 0.25) is 0 Å². The number of aromatic nitrogens is 2. The molecule has 3 heteroatoms. The predicted molar refractivity (Wildman–Crippen MR) is 212 cm³/mol. The number of furan rings is 1. The summed E-state index contributed by atoms with van der Waals surface area (Å²) < 4.78 is 6.82. The summed E-state index contributed by atoms with van der Waals surface area (Å²) in [4.78, 5) is 10.4. The summed E-state index contributed by atoms with van der Waals surface area (Å²) in [7, 11) is 0. The molecule has 0 aliphatic rings. The zero-order valence-electron chi connectivity index (χ0n) is 27.6. The molecule has 0 atom stereocenters. The monoisotopic (exact) mass is 650 g/mol. The van der Waals surface area contributed by atoms with Crippen molar-refractivity contribution in [1.29, 1.82) is 0 Å². The fourth-order valence-electron chi connectivity index (χ4n) is 7.38. The van der Waals surface area contributed by atoms with Gasteiger partial charge in [-0.2, -0.15) is 0 Å². The van der Waals surface area contributed by atoms with Crippen LogP contribution in [0.5, 0.6) is 0 Å². The van der Waals surface area contributed by atoms with Crippen LogP contribution in [0.4, 0.5) is 0 Å². The molecule has 51 heavy (non-hydrogen) atoms. The molecule has 0 aliphatic heterocycles. The van der Waals surface area contributed by atoms with Gasteiger partial charge in [-0.05, 0) is 74.6 Å². The SMILES string of the molecule is c1ccc(-c2nc(-c3ccc4c(c3)oc3c(-c5ccccc5)c5ccccc5cc34)cc(-c3cc4ccccc4cc3-c3ccccc3)n2)cc1. The van der Waals surface area contributed by atoms with Gasteiger partial charge in [-0.3, -0.25) is 0 Å². The molecule has 0 bridgehead atoms. The van der Waals surface area contributed by atoms with Crippen molar-refractivity contribution in [2.45, 2.75) is 0 Å². The fraction of sp³-hybridized carbons (Fsp3) is 0. The van der Waals surface area contributed by atoms with Crippen molar-refractivity contribution < 1.29 is 4.42 Å². The number of hydrogen-bond acceptors (Lipinski definition) is 3. The minimum atomic E-state index is 0.678. The Morgan fingerprint density at radius 2 is 0.941 bits per heavy atom. The number of nitrogens with zero attached hydrogens (tertiary/aromatic N) is 2. The molecule has 0 saturated heterocycles.